The van der Waals surface area contributed by atoms with Crippen LogP contribution >= 0.6 is 0 Å². The molecule has 8 atom stereocenters. The normalized spacial score (nSPS) is 30.0. The first-order valence-electron chi connectivity index (χ1n) is 14.2. The van der Waals surface area contributed by atoms with E-state index in [1.165, 1.54) is 20.8 Å². The first-order valence-corrected chi connectivity index (χ1v) is 14.2. The van der Waals surface area contributed by atoms with Crippen molar-refractivity contribution in [2.75, 3.05) is 13.1 Å². The van der Waals surface area contributed by atoms with Gasteiger partial charge in [-0.2, -0.15) is 13.2 Å². The molecule has 234 valence electrons. The fourth-order valence-electron chi connectivity index (χ4n) is 6.74. The lowest BCUT2D eigenvalue weighted by Gasteiger charge is -2.39. The number of amides is 5. The summed E-state index contributed by atoms with van der Waals surface area (Å²) >= 11 is 0. The summed E-state index contributed by atoms with van der Waals surface area (Å²) in [6.07, 6.45) is -1.01. The van der Waals surface area contributed by atoms with Crippen molar-refractivity contribution in [3.63, 3.8) is 0 Å². The number of halogens is 3. The van der Waals surface area contributed by atoms with Crippen molar-refractivity contribution in [3.8, 4) is 0 Å². The summed E-state index contributed by atoms with van der Waals surface area (Å²) in [4.78, 5) is 66.1. The number of likely N-dealkylation sites (tertiary alicyclic amines) is 1. The predicted molar refractivity (Wildman–Crippen MR) is 143 cm³/mol. The monoisotopic (exact) mass is 599 g/mol. The summed E-state index contributed by atoms with van der Waals surface area (Å²) in [7, 11) is 0. The summed E-state index contributed by atoms with van der Waals surface area (Å²) < 4.78 is 48.0. The molecule has 3 fully saturated rings. The van der Waals surface area contributed by atoms with Gasteiger partial charge in [0.2, 0.25) is 23.6 Å². The number of alkyl carbamates (subject to hydrolysis) is 1. The van der Waals surface area contributed by atoms with Gasteiger partial charge < -0.3 is 31.3 Å². The molecule has 0 aromatic carbocycles. The molecule has 0 unspecified atom stereocenters. The van der Waals surface area contributed by atoms with Gasteiger partial charge in [-0.15, -0.1) is 0 Å². The first kappa shape index (κ1) is 31.6. The lowest BCUT2D eigenvalue weighted by atomic mass is 9.81. The highest BCUT2D eigenvalue weighted by Crippen LogP contribution is 2.54. The van der Waals surface area contributed by atoms with Crippen molar-refractivity contribution in [2.45, 2.75) is 83.8 Å². The summed E-state index contributed by atoms with van der Waals surface area (Å²) in [5.41, 5.74) is 1.79. The van der Waals surface area contributed by atoms with Crippen molar-refractivity contribution >= 4 is 29.7 Å². The molecule has 5 amide bonds. The zero-order valence-electron chi connectivity index (χ0n) is 24.4. The molecule has 1 saturated carbocycles. The lowest BCUT2D eigenvalue weighted by molar-refractivity contribution is -0.222. The third-order valence-electron chi connectivity index (χ3n) is 9.05. The number of hydrogen-bond acceptors (Lipinski definition) is 6. The Hall–Kier alpha value is -3.32. The maximum atomic E-state index is 14.3. The molecule has 0 radical (unpaired) electrons. The Kier molecular flexibility index (Phi) is 8.33. The molecule has 2 heterocycles. The Morgan fingerprint density at radius 2 is 1.74 bits per heavy atom. The molecule has 4 aliphatic rings. The molecule has 0 aromatic heterocycles. The molecule has 14 heteroatoms. The van der Waals surface area contributed by atoms with Gasteiger partial charge in [0.25, 0.3) is 0 Å². The number of nitrogens with two attached hydrogens (primary N) is 1. The van der Waals surface area contributed by atoms with Crippen LogP contribution in [0.1, 0.15) is 53.9 Å². The maximum Gasteiger partial charge on any atom is 0.408 e. The van der Waals surface area contributed by atoms with Gasteiger partial charge in [0, 0.05) is 19.0 Å². The fourth-order valence-corrected chi connectivity index (χ4v) is 6.74. The van der Waals surface area contributed by atoms with Crippen LogP contribution in [0.3, 0.4) is 0 Å². The number of primary amides is 1. The minimum Gasteiger partial charge on any atom is -0.444 e. The lowest BCUT2D eigenvalue weighted by Crippen LogP contribution is -2.63. The number of nitrogens with zero attached hydrogens (tertiary/aromatic N) is 1. The topological polar surface area (TPSA) is 160 Å². The van der Waals surface area contributed by atoms with Crippen LogP contribution in [-0.4, -0.2) is 77.6 Å². The van der Waals surface area contributed by atoms with E-state index in [2.05, 4.69) is 16.0 Å². The second-order valence-electron chi connectivity index (χ2n) is 13.4. The Morgan fingerprint density at radius 3 is 2.29 bits per heavy atom. The molecule has 5 N–H and O–H groups in total. The van der Waals surface area contributed by atoms with Crippen LogP contribution in [0.25, 0.3) is 0 Å². The Balaban J connectivity index is 1.65. The van der Waals surface area contributed by atoms with E-state index in [0.717, 1.165) is 25.2 Å². The number of ether oxygens (including phenoxy) is 1. The molecular formula is C28H40F3N5O6. The van der Waals surface area contributed by atoms with E-state index in [1.54, 1.807) is 0 Å². The number of alkyl halides is 3. The maximum absolute atomic E-state index is 14.3. The SMILES string of the molecule is CC(C)(C)OC(=O)N[C@H](C(=O)N1C[C@H]2[C@@H]([C@H]1C(=O)N[C@@H](C[C@@H]1CCNC1=O)C(N)=O)[C@H]1C=C[C@@H]2C1)C(C)(C)C(F)(F)F. The predicted octanol–water partition coefficient (Wildman–Crippen LogP) is 1.61. The third-order valence-corrected chi connectivity index (χ3v) is 9.05. The van der Waals surface area contributed by atoms with Crippen molar-refractivity contribution < 1.29 is 41.9 Å². The molecule has 11 nitrogen and oxygen atoms in total. The van der Waals surface area contributed by atoms with Crippen molar-refractivity contribution in [3.05, 3.63) is 12.2 Å². The Bertz CT molecular complexity index is 1170. The van der Waals surface area contributed by atoms with E-state index in [4.69, 9.17) is 10.5 Å². The Labute approximate surface area is 242 Å². The summed E-state index contributed by atoms with van der Waals surface area (Å²) in [5.74, 6) is -4.14. The number of hydrogen-bond donors (Lipinski definition) is 4. The third kappa shape index (κ3) is 6.07. The molecule has 2 bridgehead atoms. The molecule has 2 saturated heterocycles. The minimum absolute atomic E-state index is 0.000200. The van der Waals surface area contributed by atoms with Gasteiger partial charge in [-0.1, -0.05) is 12.2 Å². The largest absolute Gasteiger partial charge is 0.444 e. The van der Waals surface area contributed by atoms with Gasteiger partial charge in [0.1, 0.15) is 23.7 Å². The summed E-state index contributed by atoms with van der Waals surface area (Å²) in [6, 6.07) is -4.55. The van der Waals surface area contributed by atoms with Crippen LogP contribution in [0.15, 0.2) is 12.2 Å². The average molecular weight is 600 g/mol. The molecule has 2 aliphatic carbocycles. The van der Waals surface area contributed by atoms with E-state index in [9.17, 15) is 37.1 Å². The number of carbonyl (C=O) groups excluding carboxylic acids is 5. The Morgan fingerprint density at radius 1 is 1.10 bits per heavy atom. The van der Waals surface area contributed by atoms with Gasteiger partial charge in [0.05, 0.1) is 5.41 Å². The zero-order valence-corrected chi connectivity index (χ0v) is 24.4. The number of allylic oxidation sites excluding steroid dienone is 2. The minimum atomic E-state index is -4.91. The van der Waals surface area contributed by atoms with E-state index < -0.39 is 71.0 Å². The van der Waals surface area contributed by atoms with Crippen LogP contribution < -0.4 is 21.7 Å². The zero-order chi connectivity index (χ0) is 31.4. The molecule has 4 rings (SSSR count). The highest BCUT2D eigenvalue weighted by Gasteiger charge is 2.62. The molecular weight excluding hydrogens is 559 g/mol. The van der Waals surface area contributed by atoms with Crippen molar-refractivity contribution in [2.24, 2.45) is 40.7 Å². The highest BCUT2D eigenvalue weighted by atomic mass is 19.4. The number of fused-ring (bicyclic) bond motifs is 5. The van der Waals surface area contributed by atoms with Gasteiger partial charge >= 0.3 is 12.3 Å². The average Bonchev–Trinajstić information content (AvgIpc) is 3.62. The van der Waals surface area contributed by atoms with Gasteiger partial charge in [0.15, 0.2) is 0 Å². The van der Waals surface area contributed by atoms with Crippen LogP contribution in [-0.2, 0) is 23.9 Å². The van der Waals surface area contributed by atoms with Crippen molar-refractivity contribution in [1.29, 1.82) is 0 Å². The summed E-state index contributed by atoms with van der Waals surface area (Å²) in [5, 5.41) is 7.39. The number of rotatable bonds is 8. The van der Waals surface area contributed by atoms with E-state index in [-0.39, 0.29) is 36.6 Å². The number of nitrogens with one attached hydrogen (secondary N) is 3. The standard InChI is InChI=1S/C28H40F3N5O6/c1-26(2,3)42-25(41)35-20(27(4,5)28(29,30)31)24(40)36-12-16-13-6-7-14(10-13)18(16)19(36)23(39)34-17(21(32)37)11-15-8-9-33-22(15)38/h6-7,13-20H,8-12H2,1-5H3,(H2,32,37)(H,33,38)(H,34,39)(H,35,41)/t13-,14+,15+,16-,17+,18+,19+,20-/m1/s1. The van der Waals surface area contributed by atoms with Crippen LogP contribution in [0.5, 0.6) is 0 Å². The van der Waals surface area contributed by atoms with E-state index in [0.29, 0.717) is 13.0 Å². The van der Waals surface area contributed by atoms with Crippen LogP contribution in [0.4, 0.5) is 18.0 Å². The molecule has 0 aromatic rings. The molecule has 2 aliphatic heterocycles. The van der Waals surface area contributed by atoms with Crippen molar-refractivity contribution in [1.82, 2.24) is 20.9 Å². The highest BCUT2D eigenvalue weighted by molar-refractivity contribution is 5.95. The quantitative estimate of drug-likeness (QED) is 0.310. The van der Waals surface area contributed by atoms with Gasteiger partial charge in [-0.3, -0.25) is 19.2 Å². The van der Waals surface area contributed by atoms with Crippen LogP contribution in [0.2, 0.25) is 0 Å². The van der Waals surface area contributed by atoms with E-state index >= 15 is 0 Å². The molecule has 42 heavy (non-hydrogen) atoms. The molecule has 0 spiro atoms. The second-order valence-corrected chi connectivity index (χ2v) is 13.4. The smallest absolute Gasteiger partial charge is 0.408 e. The first-order chi connectivity index (χ1) is 19.3. The van der Waals surface area contributed by atoms with Crippen LogP contribution in [0, 0.1) is 35.0 Å². The summed E-state index contributed by atoms with van der Waals surface area (Å²) in [6.45, 7) is 6.64. The van der Waals surface area contributed by atoms with Gasteiger partial charge in [-0.25, -0.2) is 4.79 Å². The second kappa shape index (κ2) is 11.1. The van der Waals surface area contributed by atoms with E-state index in [1.807, 2.05) is 12.2 Å². The van der Waals surface area contributed by atoms with Gasteiger partial charge in [-0.05, 0) is 77.6 Å². The fraction of sp³-hybridized carbons (Fsp3) is 0.750. The number of carbonyl (C=O) groups is 5.